The molecule has 1 aromatic carbocycles. The summed E-state index contributed by atoms with van der Waals surface area (Å²) in [5.41, 5.74) is 3.13. The molecule has 1 amide bonds. The molecule has 0 bridgehead atoms. The van der Waals surface area contributed by atoms with Crippen LogP contribution in [0.2, 0.25) is 0 Å². The fourth-order valence-corrected chi connectivity index (χ4v) is 2.73. The van der Waals surface area contributed by atoms with Crippen molar-refractivity contribution >= 4 is 17.7 Å². The quantitative estimate of drug-likeness (QED) is 0.697. The van der Waals surface area contributed by atoms with E-state index in [1.54, 1.807) is 13.0 Å². The van der Waals surface area contributed by atoms with Crippen LogP contribution in [0.3, 0.4) is 0 Å². The SMILES string of the molecule is Cc1cccc(Cn2nc(NC(=O)C(C)n3ccc(C(=O)O)n3)cc2C)c1. The van der Waals surface area contributed by atoms with Crippen molar-refractivity contribution in [2.75, 3.05) is 5.32 Å². The third-order valence-corrected chi connectivity index (χ3v) is 4.25. The number of aromatic carboxylic acids is 1. The number of hydrogen-bond acceptors (Lipinski definition) is 4. The van der Waals surface area contributed by atoms with Crippen LogP contribution in [0.5, 0.6) is 0 Å². The summed E-state index contributed by atoms with van der Waals surface area (Å²) in [4.78, 5) is 23.4. The Balaban J connectivity index is 1.70. The molecule has 2 heterocycles. The molecule has 3 aromatic rings. The lowest BCUT2D eigenvalue weighted by atomic mass is 10.1. The topological polar surface area (TPSA) is 102 Å². The Hall–Kier alpha value is -3.42. The Morgan fingerprint density at radius 1 is 1.19 bits per heavy atom. The molecule has 0 radical (unpaired) electrons. The number of carboxylic acid groups (broad SMARTS) is 1. The van der Waals surface area contributed by atoms with Gasteiger partial charge in [0.2, 0.25) is 5.91 Å². The van der Waals surface area contributed by atoms with Crippen molar-refractivity contribution in [1.82, 2.24) is 19.6 Å². The first kappa shape index (κ1) is 18.4. The fraction of sp³-hybridized carbons (Fsp3) is 0.263. The number of aryl methyl sites for hydroxylation is 2. The normalized spacial score (nSPS) is 12.0. The van der Waals surface area contributed by atoms with Crippen molar-refractivity contribution < 1.29 is 14.7 Å². The summed E-state index contributed by atoms with van der Waals surface area (Å²) < 4.78 is 3.14. The van der Waals surface area contributed by atoms with E-state index in [9.17, 15) is 9.59 Å². The first-order valence-electron chi connectivity index (χ1n) is 8.53. The van der Waals surface area contributed by atoms with Gasteiger partial charge in [0.05, 0.1) is 6.54 Å². The Bertz CT molecular complexity index is 989. The molecule has 3 rings (SSSR count). The highest BCUT2D eigenvalue weighted by Crippen LogP contribution is 2.15. The van der Waals surface area contributed by atoms with Gasteiger partial charge in [0.25, 0.3) is 0 Å². The highest BCUT2D eigenvalue weighted by molar-refractivity contribution is 5.92. The predicted octanol–water partition coefficient (Wildman–Crippen LogP) is 2.64. The van der Waals surface area contributed by atoms with Gasteiger partial charge in [-0.3, -0.25) is 14.2 Å². The summed E-state index contributed by atoms with van der Waals surface area (Å²) in [5.74, 6) is -1.01. The minimum atomic E-state index is -1.13. The molecule has 0 spiro atoms. The van der Waals surface area contributed by atoms with E-state index in [0.29, 0.717) is 12.4 Å². The van der Waals surface area contributed by atoms with Gasteiger partial charge in [0.1, 0.15) is 6.04 Å². The van der Waals surface area contributed by atoms with Gasteiger partial charge in [0.15, 0.2) is 11.5 Å². The number of rotatable bonds is 6. The summed E-state index contributed by atoms with van der Waals surface area (Å²) in [5, 5.41) is 20.0. The summed E-state index contributed by atoms with van der Waals surface area (Å²) >= 11 is 0. The van der Waals surface area contributed by atoms with E-state index in [0.717, 1.165) is 11.3 Å². The Kier molecular flexibility index (Phi) is 5.07. The average Bonchev–Trinajstić information content (AvgIpc) is 3.22. The van der Waals surface area contributed by atoms with E-state index in [-0.39, 0.29) is 11.6 Å². The molecule has 2 N–H and O–H groups in total. The first-order chi connectivity index (χ1) is 12.8. The van der Waals surface area contributed by atoms with Crippen LogP contribution >= 0.6 is 0 Å². The van der Waals surface area contributed by atoms with Crippen molar-refractivity contribution in [3.8, 4) is 0 Å². The van der Waals surface area contributed by atoms with E-state index in [2.05, 4.69) is 21.6 Å². The number of amides is 1. The van der Waals surface area contributed by atoms with E-state index < -0.39 is 12.0 Å². The molecule has 0 saturated carbocycles. The molecule has 27 heavy (non-hydrogen) atoms. The van der Waals surface area contributed by atoms with Gasteiger partial charge in [-0.1, -0.05) is 29.8 Å². The van der Waals surface area contributed by atoms with Crippen molar-refractivity contribution in [2.45, 2.75) is 33.4 Å². The van der Waals surface area contributed by atoms with Crippen LogP contribution in [-0.2, 0) is 11.3 Å². The molecule has 0 aliphatic rings. The van der Waals surface area contributed by atoms with E-state index >= 15 is 0 Å². The second-order valence-electron chi connectivity index (χ2n) is 6.47. The van der Waals surface area contributed by atoms with Crippen molar-refractivity contribution in [1.29, 1.82) is 0 Å². The van der Waals surface area contributed by atoms with Gasteiger partial charge in [-0.2, -0.15) is 10.2 Å². The van der Waals surface area contributed by atoms with Crippen LogP contribution in [0, 0.1) is 13.8 Å². The van der Waals surface area contributed by atoms with Crippen LogP contribution in [0.15, 0.2) is 42.6 Å². The maximum atomic E-state index is 12.4. The highest BCUT2D eigenvalue weighted by atomic mass is 16.4. The number of anilines is 1. The minimum absolute atomic E-state index is 0.104. The summed E-state index contributed by atoms with van der Waals surface area (Å²) in [6, 6.07) is 10.7. The van der Waals surface area contributed by atoms with Crippen LogP contribution < -0.4 is 5.32 Å². The lowest BCUT2D eigenvalue weighted by molar-refractivity contribution is -0.119. The number of nitrogens with one attached hydrogen (secondary N) is 1. The number of carbonyl (C=O) groups is 2. The highest BCUT2D eigenvalue weighted by Gasteiger charge is 2.19. The molecular formula is C19H21N5O3. The lowest BCUT2D eigenvalue weighted by Gasteiger charge is -2.11. The van der Waals surface area contributed by atoms with Gasteiger partial charge in [-0.15, -0.1) is 0 Å². The van der Waals surface area contributed by atoms with Gasteiger partial charge >= 0.3 is 5.97 Å². The maximum absolute atomic E-state index is 12.4. The van der Waals surface area contributed by atoms with Crippen molar-refractivity contribution in [3.63, 3.8) is 0 Å². The lowest BCUT2D eigenvalue weighted by Crippen LogP contribution is -2.24. The Labute approximate surface area is 156 Å². The number of aromatic nitrogens is 4. The molecule has 1 atom stereocenters. The molecular weight excluding hydrogens is 346 g/mol. The fourth-order valence-electron chi connectivity index (χ4n) is 2.73. The van der Waals surface area contributed by atoms with Gasteiger partial charge in [0, 0.05) is 18.0 Å². The van der Waals surface area contributed by atoms with Gasteiger partial charge in [-0.05, 0) is 32.4 Å². The zero-order valence-electron chi connectivity index (χ0n) is 15.4. The predicted molar refractivity (Wildman–Crippen MR) is 99.8 cm³/mol. The average molecular weight is 367 g/mol. The molecule has 1 unspecified atom stereocenters. The molecule has 8 heteroatoms. The number of carboxylic acids is 1. The van der Waals surface area contributed by atoms with Crippen LogP contribution in [0.4, 0.5) is 5.82 Å². The zero-order valence-corrected chi connectivity index (χ0v) is 15.4. The minimum Gasteiger partial charge on any atom is -0.476 e. The van der Waals surface area contributed by atoms with E-state index in [1.807, 2.05) is 36.7 Å². The van der Waals surface area contributed by atoms with Crippen LogP contribution in [-0.4, -0.2) is 36.5 Å². The molecule has 0 fully saturated rings. The Morgan fingerprint density at radius 3 is 2.63 bits per heavy atom. The van der Waals surface area contributed by atoms with Gasteiger partial charge < -0.3 is 10.4 Å². The van der Waals surface area contributed by atoms with Crippen molar-refractivity contribution in [2.24, 2.45) is 0 Å². The summed E-state index contributed by atoms with van der Waals surface area (Å²) in [7, 11) is 0. The number of benzene rings is 1. The summed E-state index contributed by atoms with van der Waals surface area (Å²) in [6.07, 6.45) is 1.47. The third-order valence-electron chi connectivity index (χ3n) is 4.25. The number of nitrogens with zero attached hydrogens (tertiary/aromatic N) is 4. The number of hydrogen-bond donors (Lipinski definition) is 2. The largest absolute Gasteiger partial charge is 0.476 e. The monoisotopic (exact) mass is 367 g/mol. The van der Waals surface area contributed by atoms with E-state index in [1.165, 1.54) is 22.5 Å². The molecule has 2 aromatic heterocycles. The smallest absolute Gasteiger partial charge is 0.356 e. The second kappa shape index (κ2) is 7.45. The molecule has 0 saturated heterocycles. The van der Waals surface area contributed by atoms with Gasteiger partial charge in [-0.25, -0.2) is 4.79 Å². The first-order valence-corrected chi connectivity index (χ1v) is 8.53. The molecule has 0 aliphatic heterocycles. The molecule has 0 aliphatic carbocycles. The Morgan fingerprint density at radius 2 is 1.96 bits per heavy atom. The molecule has 140 valence electrons. The van der Waals surface area contributed by atoms with Crippen molar-refractivity contribution in [3.05, 3.63) is 65.1 Å². The third kappa shape index (κ3) is 4.22. The van der Waals surface area contributed by atoms with Crippen LogP contribution in [0.25, 0.3) is 0 Å². The summed E-state index contributed by atoms with van der Waals surface area (Å²) in [6.45, 7) is 6.22. The molecule has 8 nitrogen and oxygen atoms in total. The number of carbonyl (C=O) groups excluding carboxylic acids is 1. The maximum Gasteiger partial charge on any atom is 0.356 e. The van der Waals surface area contributed by atoms with Crippen LogP contribution in [0.1, 0.15) is 40.3 Å². The van der Waals surface area contributed by atoms with E-state index in [4.69, 9.17) is 5.11 Å². The standard InChI is InChI=1S/C19H21N5O3/c1-12-5-4-6-15(9-12)11-24-13(2)10-17(22-24)20-18(25)14(3)23-8-7-16(21-23)19(26)27/h4-10,14H,11H2,1-3H3,(H,26,27)(H,20,22,25). The zero-order chi connectivity index (χ0) is 19.6. The second-order valence-corrected chi connectivity index (χ2v) is 6.47.